The van der Waals surface area contributed by atoms with Crippen LogP contribution in [0.5, 0.6) is 0 Å². The van der Waals surface area contributed by atoms with E-state index in [1.807, 2.05) is 0 Å². The SMILES string of the molecule is O=C1C2C=CCCC2C2C3C=CC(CC3)C12. The van der Waals surface area contributed by atoms with E-state index in [0.29, 0.717) is 29.5 Å². The summed E-state index contributed by atoms with van der Waals surface area (Å²) in [6, 6.07) is 0. The molecule has 0 aliphatic heterocycles. The first-order valence-corrected chi connectivity index (χ1v) is 6.75. The molecule has 0 saturated heterocycles. The van der Waals surface area contributed by atoms with Crippen LogP contribution in [0, 0.1) is 35.5 Å². The van der Waals surface area contributed by atoms with Gasteiger partial charge in [-0.05, 0) is 49.4 Å². The van der Waals surface area contributed by atoms with Crippen molar-refractivity contribution in [1.29, 1.82) is 0 Å². The zero-order chi connectivity index (χ0) is 10.7. The predicted octanol–water partition coefficient (Wildman–Crippen LogP) is 2.98. The number of fused-ring (bicyclic) bond motifs is 2. The van der Waals surface area contributed by atoms with Crippen LogP contribution in [0.15, 0.2) is 24.3 Å². The van der Waals surface area contributed by atoms with E-state index in [-0.39, 0.29) is 5.92 Å². The van der Waals surface area contributed by atoms with Crippen LogP contribution in [0.4, 0.5) is 0 Å². The molecule has 0 heterocycles. The minimum absolute atomic E-state index is 0.284. The number of carbonyl (C=O) groups excluding carboxylic acids is 1. The highest BCUT2D eigenvalue weighted by molar-refractivity contribution is 5.89. The summed E-state index contributed by atoms with van der Waals surface area (Å²) >= 11 is 0. The lowest BCUT2D eigenvalue weighted by Crippen LogP contribution is -2.38. The third kappa shape index (κ3) is 0.996. The van der Waals surface area contributed by atoms with Crippen molar-refractivity contribution in [1.82, 2.24) is 0 Å². The van der Waals surface area contributed by atoms with E-state index in [1.165, 1.54) is 25.7 Å². The van der Waals surface area contributed by atoms with E-state index in [9.17, 15) is 4.79 Å². The highest BCUT2D eigenvalue weighted by Crippen LogP contribution is 2.57. The maximum Gasteiger partial charge on any atom is 0.143 e. The molecule has 0 amide bonds. The number of rotatable bonds is 0. The minimum Gasteiger partial charge on any atom is -0.299 e. The van der Waals surface area contributed by atoms with Gasteiger partial charge in [0.25, 0.3) is 0 Å². The molecule has 0 spiro atoms. The first-order valence-electron chi connectivity index (χ1n) is 6.75. The Labute approximate surface area is 96.6 Å². The van der Waals surface area contributed by atoms with Crippen molar-refractivity contribution in [3.05, 3.63) is 24.3 Å². The highest BCUT2D eigenvalue weighted by atomic mass is 16.1. The summed E-state index contributed by atoms with van der Waals surface area (Å²) in [7, 11) is 0. The van der Waals surface area contributed by atoms with Crippen molar-refractivity contribution in [2.24, 2.45) is 35.5 Å². The average Bonchev–Trinajstić information content (AvgIpc) is 2.68. The summed E-state index contributed by atoms with van der Waals surface area (Å²) in [5, 5.41) is 0. The Kier molecular flexibility index (Phi) is 1.78. The van der Waals surface area contributed by atoms with Crippen molar-refractivity contribution in [3.63, 3.8) is 0 Å². The van der Waals surface area contributed by atoms with Gasteiger partial charge in [-0.3, -0.25) is 4.79 Å². The lowest BCUT2D eigenvalue weighted by Gasteiger charge is -2.43. The minimum atomic E-state index is 0.284. The number of carbonyl (C=O) groups is 1. The Morgan fingerprint density at radius 3 is 2.62 bits per heavy atom. The van der Waals surface area contributed by atoms with Crippen LogP contribution in [-0.2, 0) is 4.79 Å². The molecule has 84 valence electrons. The summed E-state index contributed by atoms with van der Waals surface area (Å²) in [5.41, 5.74) is 0. The van der Waals surface area contributed by atoms with E-state index >= 15 is 0 Å². The molecule has 5 rings (SSSR count). The molecule has 5 aliphatic rings. The second-order valence-corrected chi connectivity index (χ2v) is 5.99. The number of hydrogen-bond donors (Lipinski definition) is 0. The van der Waals surface area contributed by atoms with Crippen LogP contribution >= 0.6 is 0 Å². The van der Waals surface area contributed by atoms with Crippen LogP contribution in [0.1, 0.15) is 25.7 Å². The lowest BCUT2D eigenvalue weighted by molar-refractivity contribution is -0.125. The van der Waals surface area contributed by atoms with Gasteiger partial charge in [0.05, 0.1) is 0 Å². The van der Waals surface area contributed by atoms with Gasteiger partial charge in [0.2, 0.25) is 0 Å². The first-order chi connectivity index (χ1) is 7.86. The Balaban J connectivity index is 1.79. The van der Waals surface area contributed by atoms with E-state index in [4.69, 9.17) is 0 Å². The standard InChI is InChI=1S/C15H18O/c16-15-12-4-2-1-3-11(12)13-9-5-7-10(8-6-9)14(13)15/h2,4-5,7,9-14H,1,3,6,8H2. The van der Waals surface area contributed by atoms with Gasteiger partial charge in [0.1, 0.15) is 5.78 Å². The number of allylic oxidation sites excluding steroid dienone is 4. The van der Waals surface area contributed by atoms with Gasteiger partial charge in [-0.2, -0.15) is 0 Å². The van der Waals surface area contributed by atoms with Crippen molar-refractivity contribution in [2.75, 3.05) is 0 Å². The Morgan fingerprint density at radius 1 is 1.00 bits per heavy atom. The molecule has 5 aliphatic carbocycles. The lowest BCUT2D eigenvalue weighted by atomic mass is 9.61. The van der Waals surface area contributed by atoms with Crippen LogP contribution in [0.25, 0.3) is 0 Å². The van der Waals surface area contributed by atoms with Gasteiger partial charge in [-0.1, -0.05) is 24.3 Å². The number of Topliss-reactive ketones (excluding diaryl/α,β-unsaturated/α-hetero) is 1. The average molecular weight is 214 g/mol. The molecule has 6 unspecified atom stereocenters. The molecular formula is C15H18O. The van der Waals surface area contributed by atoms with E-state index in [2.05, 4.69) is 24.3 Å². The summed E-state index contributed by atoms with van der Waals surface area (Å²) in [6.45, 7) is 0. The molecule has 2 fully saturated rings. The predicted molar refractivity (Wildman–Crippen MR) is 62.7 cm³/mol. The maximum atomic E-state index is 12.5. The molecule has 16 heavy (non-hydrogen) atoms. The summed E-state index contributed by atoms with van der Waals surface area (Å²) < 4.78 is 0. The fraction of sp³-hybridized carbons (Fsp3) is 0.667. The zero-order valence-electron chi connectivity index (χ0n) is 9.51. The van der Waals surface area contributed by atoms with Gasteiger partial charge >= 0.3 is 0 Å². The maximum absolute atomic E-state index is 12.5. The number of ketones is 1. The molecule has 0 N–H and O–H groups in total. The third-order valence-corrected chi connectivity index (χ3v) is 5.43. The second-order valence-electron chi connectivity index (χ2n) is 5.99. The van der Waals surface area contributed by atoms with Crippen LogP contribution in [-0.4, -0.2) is 5.78 Å². The van der Waals surface area contributed by atoms with Crippen LogP contribution in [0.2, 0.25) is 0 Å². The topological polar surface area (TPSA) is 17.1 Å². The highest BCUT2D eigenvalue weighted by Gasteiger charge is 2.56. The van der Waals surface area contributed by atoms with Crippen molar-refractivity contribution >= 4 is 5.78 Å². The quantitative estimate of drug-likeness (QED) is 0.567. The second kappa shape index (κ2) is 3.09. The molecule has 1 heteroatoms. The van der Waals surface area contributed by atoms with Crippen molar-refractivity contribution in [2.45, 2.75) is 25.7 Å². The van der Waals surface area contributed by atoms with Crippen molar-refractivity contribution < 1.29 is 4.79 Å². The monoisotopic (exact) mass is 214 g/mol. The summed E-state index contributed by atoms with van der Waals surface area (Å²) in [5.74, 6) is 3.94. The summed E-state index contributed by atoms with van der Waals surface area (Å²) in [6.07, 6.45) is 14.3. The van der Waals surface area contributed by atoms with Gasteiger partial charge in [0.15, 0.2) is 0 Å². The Morgan fingerprint density at radius 2 is 1.81 bits per heavy atom. The molecule has 2 saturated carbocycles. The molecule has 0 aromatic rings. The van der Waals surface area contributed by atoms with E-state index in [1.54, 1.807) is 0 Å². The van der Waals surface area contributed by atoms with Crippen molar-refractivity contribution in [3.8, 4) is 0 Å². The van der Waals surface area contributed by atoms with Gasteiger partial charge in [-0.15, -0.1) is 0 Å². The smallest absolute Gasteiger partial charge is 0.143 e. The van der Waals surface area contributed by atoms with Gasteiger partial charge < -0.3 is 0 Å². The molecule has 1 nitrogen and oxygen atoms in total. The molecule has 0 aromatic carbocycles. The molecular weight excluding hydrogens is 196 g/mol. The Bertz CT molecular complexity index is 392. The number of hydrogen-bond acceptors (Lipinski definition) is 1. The fourth-order valence-electron chi connectivity index (χ4n) is 4.83. The first kappa shape index (κ1) is 9.21. The Hall–Kier alpha value is -0.850. The van der Waals surface area contributed by atoms with Gasteiger partial charge in [0, 0.05) is 11.8 Å². The van der Waals surface area contributed by atoms with Crippen LogP contribution < -0.4 is 0 Å². The molecule has 6 atom stereocenters. The van der Waals surface area contributed by atoms with E-state index < -0.39 is 0 Å². The zero-order valence-corrected chi connectivity index (χ0v) is 9.51. The fourth-order valence-corrected chi connectivity index (χ4v) is 4.83. The molecule has 0 aromatic heterocycles. The van der Waals surface area contributed by atoms with E-state index in [0.717, 1.165) is 5.92 Å². The largest absolute Gasteiger partial charge is 0.299 e. The van der Waals surface area contributed by atoms with Crippen LogP contribution in [0.3, 0.4) is 0 Å². The normalized spacial score (nSPS) is 52.9. The molecule has 0 radical (unpaired) electrons. The molecule has 2 bridgehead atoms. The van der Waals surface area contributed by atoms with Gasteiger partial charge in [-0.25, -0.2) is 0 Å². The third-order valence-electron chi connectivity index (χ3n) is 5.43. The summed E-state index contributed by atoms with van der Waals surface area (Å²) in [4.78, 5) is 12.5.